The zero-order valence-electron chi connectivity index (χ0n) is 11.6. The third-order valence-corrected chi connectivity index (χ3v) is 3.67. The van der Waals surface area contributed by atoms with Crippen LogP contribution in [0.2, 0.25) is 0 Å². The predicted octanol–water partition coefficient (Wildman–Crippen LogP) is 2.23. The zero-order chi connectivity index (χ0) is 13.1. The number of rotatable bonds is 5. The molecule has 1 aromatic heterocycles. The van der Waals surface area contributed by atoms with Crippen molar-refractivity contribution in [3.8, 4) is 0 Å². The first-order valence-electron chi connectivity index (χ1n) is 6.90. The van der Waals surface area contributed by atoms with Gasteiger partial charge in [-0.15, -0.1) is 0 Å². The van der Waals surface area contributed by atoms with E-state index in [0.717, 1.165) is 12.2 Å². The molecule has 4 heteroatoms. The second-order valence-electron chi connectivity index (χ2n) is 5.47. The van der Waals surface area contributed by atoms with Gasteiger partial charge in [-0.1, -0.05) is 13.8 Å². The normalized spacial score (nSPS) is 15.8. The Balaban J connectivity index is 1.91. The first kappa shape index (κ1) is 13.1. The van der Waals surface area contributed by atoms with Crippen LogP contribution < -0.4 is 5.32 Å². The number of amides is 1. The number of aryl methyl sites for hydroxylation is 1. The van der Waals surface area contributed by atoms with Gasteiger partial charge in [0.25, 0.3) is 0 Å². The number of aromatic nitrogens is 2. The zero-order valence-corrected chi connectivity index (χ0v) is 11.6. The van der Waals surface area contributed by atoms with Crippen molar-refractivity contribution >= 4 is 5.91 Å². The van der Waals surface area contributed by atoms with Crippen LogP contribution in [-0.4, -0.2) is 22.0 Å². The summed E-state index contributed by atoms with van der Waals surface area (Å²) >= 11 is 0. The fourth-order valence-corrected chi connectivity index (χ4v) is 2.33. The van der Waals surface area contributed by atoms with Crippen LogP contribution in [0.3, 0.4) is 0 Å². The van der Waals surface area contributed by atoms with Crippen molar-refractivity contribution in [3.63, 3.8) is 0 Å². The Morgan fingerprint density at radius 2 is 2.28 bits per heavy atom. The molecular formula is C14H23N3O. The van der Waals surface area contributed by atoms with E-state index in [0.29, 0.717) is 12.6 Å². The Labute approximate surface area is 109 Å². The van der Waals surface area contributed by atoms with E-state index in [2.05, 4.69) is 21.8 Å². The van der Waals surface area contributed by atoms with Crippen LogP contribution in [0.4, 0.5) is 0 Å². The summed E-state index contributed by atoms with van der Waals surface area (Å²) in [6.45, 7) is 6.62. The Morgan fingerprint density at radius 1 is 1.56 bits per heavy atom. The van der Waals surface area contributed by atoms with Gasteiger partial charge in [0.2, 0.25) is 5.91 Å². The van der Waals surface area contributed by atoms with E-state index in [1.54, 1.807) is 0 Å². The van der Waals surface area contributed by atoms with Crippen molar-refractivity contribution in [1.29, 1.82) is 0 Å². The summed E-state index contributed by atoms with van der Waals surface area (Å²) in [7, 11) is 0. The molecular weight excluding hydrogens is 226 g/mol. The highest BCUT2D eigenvalue weighted by molar-refractivity contribution is 5.77. The highest BCUT2D eigenvalue weighted by Gasteiger charge is 2.23. The van der Waals surface area contributed by atoms with Crippen LogP contribution in [0.15, 0.2) is 6.20 Å². The number of hydrogen-bond acceptors (Lipinski definition) is 2. The van der Waals surface area contributed by atoms with Crippen LogP contribution in [0, 0.1) is 12.8 Å². The predicted molar refractivity (Wildman–Crippen MR) is 71.4 cm³/mol. The van der Waals surface area contributed by atoms with E-state index < -0.39 is 0 Å². The molecule has 0 unspecified atom stereocenters. The number of carbonyl (C=O) groups excluding carboxylic acids is 1. The van der Waals surface area contributed by atoms with Gasteiger partial charge in [-0.25, -0.2) is 4.98 Å². The fourth-order valence-electron chi connectivity index (χ4n) is 2.33. The van der Waals surface area contributed by atoms with Crippen molar-refractivity contribution < 1.29 is 4.79 Å². The summed E-state index contributed by atoms with van der Waals surface area (Å²) in [5.74, 6) is 1.29. The molecule has 0 atom stereocenters. The largest absolute Gasteiger partial charge is 0.355 e. The molecule has 0 saturated heterocycles. The van der Waals surface area contributed by atoms with E-state index >= 15 is 0 Å². The van der Waals surface area contributed by atoms with Gasteiger partial charge in [0.05, 0.1) is 0 Å². The van der Waals surface area contributed by atoms with Crippen molar-refractivity contribution in [1.82, 2.24) is 14.9 Å². The van der Waals surface area contributed by atoms with Gasteiger partial charge in [0.1, 0.15) is 5.82 Å². The first-order chi connectivity index (χ1) is 8.59. The molecule has 1 heterocycles. The minimum atomic E-state index is 0.0538. The molecule has 1 N–H and O–H groups in total. The maximum Gasteiger partial charge on any atom is 0.222 e. The third kappa shape index (κ3) is 2.74. The van der Waals surface area contributed by atoms with Crippen LogP contribution in [0.5, 0.6) is 0 Å². The molecule has 2 rings (SSSR count). The maximum absolute atomic E-state index is 11.5. The van der Waals surface area contributed by atoms with Crippen LogP contribution in [0.1, 0.15) is 50.7 Å². The average Bonchev–Trinajstić information content (AvgIpc) is 2.59. The summed E-state index contributed by atoms with van der Waals surface area (Å²) < 4.78 is 2.35. The highest BCUT2D eigenvalue weighted by Crippen LogP contribution is 2.33. The SMILES string of the molecule is Cc1cnc(CCNC(=O)C(C)C)n1C1CCC1. The Kier molecular flexibility index (Phi) is 4.04. The van der Waals surface area contributed by atoms with Gasteiger partial charge in [0, 0.05) is 36.8 Å². The lowest BCUT2D eigenvalue weighted by atomic mass is 9.92. The Morgan fingerprint density at radius 3 is 2.83 bits per heavy atom. The fraction of sp³-hybridized carbons (Fsp3) is 0.714. The quantitative estimate of drug-likeness (QED) is 0.870. The highest BCUT2D eigenvalue weighted by atomic mass is 16.1. The van der Waals surface area contributed by atoms with Crippen molar-refractivity contribution in [2.45, 2.75) is 52.5 Å². The monoisotopic (exact) mass is 249 g/mol. The van der Waals surface area contributed by atoms with Gasteiger partial charge >= 0.3 is 0 Å². The van der Waals surface area contributed by atoms with Crippen molar-refractivity contribution in [2.75, 3.05) is 6.54 Å². The lowest BCUT2D eigenvalue weighted by Gasteiger charge is -2.29. The second-order valence-corrected chi connectivity index (χ2v) is 5.47. The van der Waals surface area contributed by atoms with E-state index in [9.17, 15) is 4.79 Å². The number of nitrogens with one attached hydrogen (secondary N) is 1. The van der Waals surface area contributed by atoms with Gasteiger partial charge in [-0.2, -0.15) is 0 Å². The standard InChI is InChI=1S/C14H23N3O/c1-10(2)14(18)15-8-7-13-16-9-11(3)17(13)12-5-4-6-12/h9-10,12H,4-8H2,1-3H3,(H,15,18). The molecule has 0 radical (unpaired) electrons. The maximum atomic E-state index is 11.5. The molecule has 1 saturated carbocycles. The number of imidazole rings is 1. The molecule has 100 valence electrons. The van der Waals surface area contributed by atoms with Crippen LogP contribution in [0.25, 0.3) is 0 Å². The van der Waals surface area contributed by atoms with Crippen molar-refractivity contribution in [2.24, 2.45) is 5.92 Å². The minimum absolute atomic E-state index is 0.0538. The Hall–Kier alpha value is -1.32. The van der Waals surface area contributed by atoms with Gasteiger partial charge in [0.15, 0.2) is 0 Å². The molecule has 0 bridgehead atoms. The average molecular weight is 249 g/mol. The van der Waals surface area contributed by atoms with Gasteiger partial charge in [-0.3, -0.25) is 4.79 Å². The molecule has 1 aliphatic carbocycles. The minimum Gasteiger partial charge on any atom is -0.355 e. The van der Waals surface area contributed by atoms with Gasteiger partial charge in [-0.05, 0) is 26.2 Å². The molecule has 1 aliphatic rings. The van der Waals surface area contributed by atoms with Crippen LogP contribution in [-0.2, 0) is 11.2 Å². The molecule has 1 aromatic rings. The summed E-state index contributed by atoms with van der Waals surface area (Å²) in [6, 6.07) is 0.642. The van der Waals surface area contributed by atoms with E-state index in [1.807, 2.05) is 20.0 Å². The van der Waals surface area contributed by atoms with Gasteiger partial charge < -0.3 is 9.88 Å². The number of carbonyl (C=O) groups is 1. The molecule has 1 amide bonds. The third-order valence-electron chi connectivity index (χ3n) is 3.67. The first-order valence-corrected chi connectivity index (χ1v) is 6.90. The second kappa shape index (κ2) is 5.55. The van der Waals surface area contributed by atoms with E-state index in [4.69, 9.17) is 0 Å². The topological polar surface area (TPSA) is 46.9 Å². The molecule has 0 aromatic carbocycles. The molecule has 4 nitrogen and oxygen atoms in total. The van der Waals surface area contributed by atoms with Crippen molar-refractivity contribution in [3.05, 3.63) is 17.7 Å². The van der Waals surface area contributed by atoms with Crippen LogP contribution >= 0.6 is 0 Å². The smallest absolute Gasteiger partial charge is 0.222 e. The molecule has 0 spiro atoms. The van der Waals surface area contributed by atoms with E-state index in [-0.39, 0.29) is 11.8 Å². The number of nitrogens with zero attached hydrogens (tertiary/aromatic N) is 2. The van der Waals surface area contributed by atoms with E-state index in [1.165, 1.54) is 25.0 Å². The molecule has 18 heavy (non-hydrogen) atoms. The molecule has 1 fully saturated rings. The summed E-state index contributed by atoms with van der Waals surface area (Å²) in [5.41, 5.74) is 1.24. The summed E-state index contributed by atoms with van der Waals surface area (Å²) in [5, 5.41) is 2.95. The number of hydrogen-bond donors (Lipinski definition) is 1. The Bertz CT molecular complexity index is 419. The lowest BCUT2D eigenvalue weighted by Crippen LogP contribution is -2.30. The lowest BCUT2D eigenvalue weighted by molar-refractivity contribution is -0.123. The summed E-state index contributed by atoms with van der Waals surface area (Å²) in [4.78, 5) is 16.0. The molecule has 0 aliphatic heterocycles. The summed E-state index contributed by atoms with van der Waals surface area (Å²) in [6.07, 6.45) is 6.62.